The van der Waals surface area contributed by atoms with Gasteiger partial charge in [-0.1, -0.05) is 12.1 Å². The monoisotopic (exact) mass is 285 g/mol. The summed E-state index contributed by atoms with van der Waals surface area (Å²) in [5, 5.41) is 3.06. The van der Waals surface area contributed by atoms with Crippen LogP contribution in [0.25, 0.3) is 0 Å². The van der Waals surface area contributed by atoms with Gasteiger partial charge in [0, 0.05) is 6.04 Å². The van der Waals surface area contributed by atoms with Crippen molar-refractivity contribution in [3.05, 3.63) is 29.8 Å². The molecule has 1 N–H and O–H groups in total. The molecule has 0 heterocycles. The topological polar surface area (TPSA) is 55.4 Å². The highest BCUT2D eigenvalue weighted by Gasteiger charge is 2.31. The van der Waals surface area contributed by atoms with Crippen molar-refractivity contribution in [1.29, 1.82) is 0 Å². The minimum atomic E-state index is -3.17. The first-order chi connectivity index (χ1) is 8.71. The molecule has 0 saturated heterocycles. The van der Waals surface area contributed by atoms with Crippen molar-refractivity contribution in [2.24, 2.45) is 0 Å². The third-order valence-corrected chi connectivity index (χ3v) is 5.82. The van der Waals surface area contributed by atoms with Crippen molar-refractivity contribution in [3.8, 4) is 5.75 Å². The minimum Gasteiger partial charge on any atom is -0.497 e. The number of ether oxygens (including phenoxy) is 1. The predicted molar refractivity (Wildman–Crippen MR) is 78.3 cm³/mol. The van der Waals surface area contributed by atoms with Gasteiger partial charge in [-0.2, -0.15) is 0 Å². The lowest BCUT2D eigenvalue weighted by molar-refractivity contribution is 0.414. The summed E-state index contributed by atoms with van der Waals surface area (Å²) in [5.41, 5.74) is 0.941. The molecule has 108 valence electrons. The van der Waals surface area contributed by atoms with Crippen LogP contribution in [0.2, 0.25) is 0 Å². The molecule has 1 aromatic carbocycles. The highest BCUT2D eigenvalue weighted by Crippen LogP contribution is 2.24. The molecule has 0 fully saturated rings. The van der Waals surface area contributed by atoms with Gasteiger partial charge in [-0.25, -0.2) is 8.42 Å². The zero-order valence-corrected chi connectivity index (χ0v) is 13.0. The van der Waals surface area contributed by atoms with Crippen LogP contribution in [-0.2, 0) is 9.84 Å². The maximum absolute atomic E-state index is 12.3. The first-order valence-corrected chi connectivity index (χ1v) is 7.90. The Labute approximate surface area is 116 Å². The Morgan fingerprint density at radius 3 is 2.11 bits per heavy atom. The first kappa shape index (κ1) is 16.0. The van der Waals surface area contributed by atoms with Crippen LogP contribution >= 0.6 is 0 Å². The van der Waals surface area contributed by atoms with Gasteiger partial charge in [0.05, 0.1) is 17.6 Å². The predicted octanol–water partition coefficient (Wildman–Crippen LogP) is 2.17. The number of nitrogens with one attached hydrogen (secondary N) is 1. The summed E-state index contributed by atoms with van der Waals surface area (Å²) in [6, 6.07) is 7.23. The lowest BCUT2D eigenvalue weighted by Gasteiger charge is -2.24. The van der Waals surface area contributed by atoms with E-state index in [1.807, 2.05) is 24.3 Å². The van der Waals surface area contributed by atoms with Crippen molar-refractivity contribution < 1.29 is 13.2 Å². The fourth-order valence-corrected chi connectivity index (χ4v) is 2.95. The van der Waals surface area contributed by atoms with Gasteiger partial charge in [-0.05, 0) is 45.5 Å². The summed E-state index contributed by atoms with van der Waals surface area (Å²) in [5.74, 6) is 0.844. The molecule has 1 aromatic rings. The quantitative estimate of drug-likeness (QED) is 0.901. The fraction of sp³-hybridized carbons (Fsp3) is 0.571. The molecule has 0 aliphatic heterocycles. The Kier molecular flexibility index (Phi) is 4.98. The van der Waals surface area contributed by atoms with Crippen LogP contribution in [0, 0.1) is 0 Å². The zero-order chi connectivity index (χ0) is 14.7. The summed E-state index contributed by atoms with van der Waals surface area (Å²) in [6.07, 6.45) is 0. The van der Waals surface area contributed by atoms with Gasteiger partial charge < -0.3 is 10.1 Å². The van der Waals surface area contributed by atoms with Gasteiger partial charge in [-0.3, -0.25) is 0 Å². The summed E-state index contributed by atoms with van der Waals surface area (Å²) < 4.78 is 28.9. The molecule has 0 aliphatic carbocycles. The zero-order valence-electron chi connectivity index (χ0n) is 12.2. The molecule has 0 aliphatic rings. The van der Waals surface area contributed by atoms with Crippen LogP contribution in [0.3, 0.4) is 0 Å². The van der Waals surface area contributed by atoms with E-state index in [-0.39, 0.29) is 11.8 Å². The molecular formula is C14H23NO3S. The molecule has 5 heteroatoms. The Bertz CT molecular complexity index is 500. The molecule has 0 spiro atoms. The Balaban J connectivity index is 2.95. The smallest absolute Gasteiger partial charge is 0.157 e. The molecular weight excluding hydrogens is 262 g/mol. The second-order valence-electron chi connectivity index (χ2n) is 5.51. The summed E-state index contributed by atoms with van der Waals surface area (Å²) >= 11 is 0. The molecule has 0 bridgehead atoms. The van der Waals surface area contributed by atoms with E-state index in [4.69, 9.17) is 4.74 Å². The lowest BCUT2D eigenvalue weighted by Crippen LogP contribution is -2.35. The van der Waals surface area contributed by atoms with E-state index in [1.165, 1.54) is 0 Å². The molecule has 1 rings (SSSR count). The SMILES string of the molecule is CNC(CS(=O)(=O)C(C)(C)C)c1ccc(OC)cc1. The fourth-order valence-electron chi connectivity index (χ4n) is 1.65. The van der Waals surface area contributed by atoms with E-state index in [9.17, 15) is 8.42 Å². The van der Waals surface area contributed by atoms with Gasteiger partial charge in [0.15, 0.2) is 9.84 Å². The highest BCUT2D eigenvalue weighted by atomic mass is 32.2. The Morgan fingerprint density at radius 1 is 1.21 bits per heavy atom. The molecule has 0 amide bonds. The normalized spacial score (nSPS) is 14.2. The van der Waals surface area contributed by atoms with Crippen molar-refractivity contribution >= 4 is 9.84 Å². The lowest BCUT2D eigenvalue weighted by atomic mass is 10.1. The van der Waals surface area contributed by atoms with Gasteiger partial charge in [-0.15, -0.1) is 0 Å². The van der Waals surface area contributed by atoms with Crippen molar-refractivity contribution in [2.45, 2.75) is 31.6 Å². The second-order valence-corrected chi connectivity index (χ2v) is 8.30. The standard InChI is InChI=1S/C14H23NO3S/c1-14(2,3)19(16,17)10-13(15-4)11-6-8-12(18-5)9-7-11/h6-9,13,15H,10H2,1-5H3. The third kappa shape index (κ3) is 3.94. The van der Waals surface area contributed by atoms with Crippen molar-refractivity contribution in [1.82, 2.24) is 5.32 Å². The average molecular weight is 285 g/mol. The van der Waals surface area contributed by atoms with E-state index in [0.29, 0.717) is 0 Å². The molecule has 0 aromatic heterocycles. The van der Waals surface area contributed by atoms with Crippen LogP contribution in [0.15, 0.2) is 24.3 Å². The molecule has 1 unspecified atom stereocenters. The molecule has 19 heavy (non-hydrogen) atoms. The largest absolute Gasteiger partial charge is 0.497 e. The summed E-state index contributed by atoms with van der Waals surface area (Å²) in [4.78, 5) is 0. The van der Waals surface area contributed by atoms with Gasteiger partial charge in [0.25, 0.3) is 0 Å². The maximum Gasteiger partial charge on any atom is 0.157 e. The number of hydrogen-bond acceptors (Lipinski definition) is 4. The Hall–Kier alpha value is -1.07. The van der Waals surface area contributed by atoms with Crippen LogP contribution in [0.4, 0.5) is 0 Å². The second kappa shape index (κ2) is 5.92. The van der Waals surface area contributed by atoms with Gasteiger partial charge in [0.2, 0.25) is 0 Å². The average Bonchev–Trinajstić information content (AvgIpc) is 2.35. The molecule has 0 radical (unpaired) electrons. The van der Waals surface area contributed by atoms with E-state index in [1.54, 1.807) is 34.9 Å². The number of rotatable bonds is 5. The van der Waals surface area contributed by atoms with E-state index >= 15 is 0 Å². The summed E-state index contributed by atoms with van der Waals surface area (Å²) in [7, 11) is 0.210. The highest BCUT2D eigenvalue weighted by molar-refractivity contribution is 7.92. The number of methoxy groups -OCH3 is 1. The van der Waals surface area contributed by atoms with Gasteiger partial charge in [0.1, 0.15) is 5.75 Å². The van der Waals surface area contributed by atoms with E-state index < -0.39 is 14.6 Å². The van der Waals surface area contributed by atoms with Gasteiger partial charge >= 0.3 is 0 Å². The van der Waals surface area contributed by atoms with Crippen LogP contribution in [0.5, 0.6) is 5.75 Å². The molecule has 1 atom stereocenters. The maximum atomic E-state index is 12.3. The first-order valence-electron chi connectivity index (χ1n) is 6.25. The van der Waals surface area contributed by atoms with Crippen molar-refractivity contribution in [3.63, 3.8) is 0 Å². The third-order valence-electron chi connectivity index (χ3n) is 3.19. The minimum absolute atomic E-state index is 0.0827. The number of benzene rings is 1. The molecule has 0 saturated carbocycles. The summed E-state index contributed by atoms with van der Waals surface area (Å²) in [6.45, 7) is 5.18. The van der Waals surface area contributed by atoms with Crippen molar-refractivity contribution in [2.75, 3.05) is 19.9 Å². The Morgan fingerprint density at radius 2 is 1.74 bits per heavy atom. The number of sulfone groups is 1. The van der Waals surface area contributed by atoms with Crippen LogP contribution in [0.1, 0.15) is 32.4 Å². The van der Waals surface area contributed by atoms with E-state index in [2.05, 4.69) is 5.32 Å². The van der Waals surface area contributed by atoms with Crippen LogP contribution < -0.4 is 10.1 Å². The van der Waals surface area contributed by atoms with E-state index in [0.717, 1.165) is 11.3 Å². The molecule has 4 nitrogen and oxygen atoms in total. The van der Waals surface area contributed by atoms with Crippen LogP contribution in [-0.4, -0.2) is 33.1 Å². The number of hydrogen-bond donors (Lipinski definition) is 1.